The molecule has 2 aromatic carbocycles. The van der Waals surface area contributed by atoms with Crippen molar-refractivity contribution >= 4 is 32.8 Å². The summed E-state index contributed by atoms with van der Waals surface area (Å²) in [7, 11) is -3.80. The topological polar surface area (TPSA) is 127 Å². The number of nitrogens with zero attached hydrogens (tertiary/aromatic N) is 1. The molecule has 0 spiro atoms. The number of aromatic amines is 1. The Morgan fingerprint density at radius 3 is 2.39 bits per heavy atom. The molecule has 0 radical (unpaired) electrons. The van der Waals surface area contributed by atoms with Crippen LogP contribution in [-0.4, -0.2) is 24.0 Å². The smallest absolute Gasteiger partial charge is 0.307 e. The monoisotopic (exact) mass is 332 g/mol. The van der Waals surface area contributed by atoms with Gasteiger partial charge in [0, 0.05) is 5.69 Å². The molecule has 0 bridgehead atoms. The van der Waals surface area contributed by atoms with Gasteiger partial charge in [0.25, 0.3) is 0 Å². The molecule has 4 N–H and O–H groups in total. The summed E-state index contributed by atoms with van der Waals surface area (Å²) in [5, 5.41) is 7.53. The molecule has 3 rings (SSSR count). The molecule has 3 aromatic rings. The number of H-pyrrole nitrogens is 1. The van der Waals surface area contributed by atoms with Crippen molar-refractivity contribution in [1.82, 2.24) is 9.55 Å². The zero-order valence-corrected chi connectivity index (χ0v) is 12.5. The number of rotatable bonds is 2. The summed E-state index contributed by atoms with van der Waals surface area (Å²) in [4.78, 5) is 26.7. The molecular formula is C14H12N4O4S. The maximum Gasteiger partial charge on any atom is 0.334 e. The summed E-state index contributed by atoms with van der Waals surface area (Å²) < 4.78 is 23.3. The van der Waals surface area contributed by atoms with E-state index in [0.717, 1.165) is 4.57 Å². The first-order chi connectivity index (χ1) is 10.9. The molecule has 8 nitrogen and oxygen atoms in total. The average Bonchev–Trinajstić information content (AvgIpc) is 2.82. The fourth-order valence-electron chi connectivity index (χ4n) is 2.16. The number of benzene rings is 2. The number of fused-ring (bicyclic) bond motifs is 1. The third-order valence-corrected chi connectivity index (χ3v) is 4.16. The highest BCUT2D eigenvalue weighted by Crippen LogP contribution is 2.14. The zero-order chi connectivity index (χ0) is 16.6. The van der Waals surface area contributed by atoms with Gasteiger partial charge in [0.2, 0.25) is 10.0 Å². The molecule has 0 saturated carbocycles. The van der Waals surface area contributed by atoms with Crippen LogP contribution in [0.25, 0.3) is 11.0 Å². The molecule has 0 aliphatic carbocycles. The first-order valence-corrected chi connectivity index (χ1v) is 8.05. The normalized spacial score (nSPS) is 11.5. The molecule has 0 atom stereocenters. The molecular weight excluding hydrogens is 320 g/mol. The number of carbonyl (C=O) groups excluding carboxylic acids is 1. The lowest BCUT2D eigenvalue weighted by Crippen LogP contribution is -2.29. The van der Waals surface area contributed by atoms with E-state index < -0.39 is 21.7 Å². The maximum atomic E-state index is 12.3. The Morgan fingerprint density at radius 1 is 1.09 bits per heavy atom. The number of amides is 1. The zero-order valence-electron chi connectivity index (χ0n) is 11.7. The quantitative estimate of drug-likeness (QED) is 0.648. The molecule has 0 aliphatic rings. The van der Waals surface area contributed by atoms with Crippen LogP contribution in [0.5, 0.6) is 0 Å². The number of imidazole rings is 1. The van der Waals surface area contributed by atoms with Gasteiger partial charge in [0.15, 0.2) is 0 Å². The number of hydrogen-bond donors (Lipinski definition) is 3. The highest BCUT2D eigenvalue weighted by molar-refractivity contribution is 7.89. The Hall–Kier alpha value is -2.91. The average molecular weight is 332 g/mol. The summed E-state index contributed by atoms with van der Waals surface area (Å²) in [6, 6.07) is 11.4. The van der Waals surface area contributed by atoms with Gasteiger partial charge in [-0.2, -0.15) is 0 Å². The minimum Gasteiger partial charge on any atom is -0.307 e. The van der Waals surface area contributed by atoms with Gasteiger partial charge in [0.1, 0.15) is 0 Å². The van der Waals surface area contributed by atoms with Crippen LogP contribution in [0.4, 0.5) is 10.5 Å². The van der Waals surface area contributed by atoms with Crippen molar-refractivity contribution in [2.24, 2.45) is 5.14 Å². The number of sulfonamides is 1. The van der Waals surface area contributed by atoms with E-state index in [2.05, 4.69) is 10.3 Å². The Kier molecular flexibility index (Phi) is 3.51. The Morgan fingerprint density at radius 2 is 1.74 bits per heavy atom. The van der Waals surface area contributed by atoms with E-state index >= 15 is 0 Å². The highest BCUT2D eigenvalue weighted by Gasteiger charge is 2.14. The van der Waals surface area contributed by atoms with Crippen LogP contribution in [-0.2, 0) is 10.0 Å². The number of primary sulfonamides is 1. The maximum absolute atomic E-state index is 12.3. The minimum atomic E-state index is -3.80. The van der Waals surface area contributed by atoms with Gasteiger partial charge in [-0.05, 0) is 36.4 Å². The number of para-hydroxylation sites is 2. The summed E-state index contributed by atoms with van der Waals surface area (Å²) in [6.07, 6.45) is 0. The van der Waals surface area contributed by atoms with Crippen molar-refractivity contribution in [2.45, 2.75) is 4.90 Å². The largest absolute Gasteiger partial charge is 0.334 e. The molecule has 0 aliphatic heterocycles. The number of carbonyl (C=O) groups is 1. The van der Waals surface area contributed by atoms with Crippen molar-refractivity contribution < 1.29 is 13.2 Å². The molecule has 118 valence electrons. The number of hydrogen-bond acceptors (Lipinski definition) is 4. The predicted molar refractivity (Wildman–Crippen MR) is 84.8 cm³/mol. The molecule has 9 heteroatoms. The van der Waals surface area contributed by atoms with Crippen LogP contribution in [0.1, 0.15) is 0 Å². The molecule has 23 heavy (non-hydrogen) atoms. The first-order valence-electron chi connectivity index (χ1n) is 6.50. The lowest BCUT2D eigenvalue weighted by atomic mass is 10.3. The van der Waals surface area contributed by atoms with Crippen LogP contribution in [0.2, 0.25) is 0 Å². The Bertz CT molecular complexity index is 1050. The van der Waals surface area contributed by atoms with Gasteiger partial charge in [-0.15, -0.1) is 0 Å². The van der Waals surface area contributed by atoms with Gasteiger partial charge in [-0.3, -0.25) is 0 Å². The summed E-state index contributed by atoms with van der Waals surface area (Å²) in [5.74, 6) is 0. The fraction of sp³-hybridized carbons (Fsp3) is 0. The van der Waals surface area contributed by atoms with E-state index in [9.17, 15) is 18.0 Å². The van der Waals surface area contributed by atoms with Crippen molar-refractivity contribution in [3.8, 4) is 0 Å². The van der Waals surface area contributed by atoms with Gasteiger partial charge in [0.05, 0.1) is 15.9 Å². The predicted octanol–water partition coefficient (Wildman–Crippen LogP) is 1.06. The second-order valence-corrected chi connectivity index (χ2v) is 6.34. The number of aromatic nitrogens is 2. The fourth-order valence-corrected chi connectivity index (χ4v) is 2.68. The van der Waals surface area contributed by atoms with E-state index in [0.29, 0.717) is 16.7 Å². The Labute approximate surface area is 130 Å². The standard InChI is InChI=1S/C14H12N4O4S/c15-23(21,22)10-7-5-9(6-8-10)16-13(19)18-12-4-2-1-3-11(12)17-14(18)20/h1-8H,(H,16,19)(H,17,20)(H2,15,21,22). The van der Waals surface area contributed by atoms with Crippen LogP contribution in [0.15, 0.2) is 58.2 Å². The van der Waals surface area contributed by atoms with Crippen LogP contribution >= 0.6 is 0 Å². The second-order valence-electron chi connectivity index (χ2n) is 4.78. The van der Waals surface area contributed by atoms with E-state index in [4.69, 9.17) is 5.14 Å². The van der Waals surface area contributed by atoms with E-state index in [1.807, 2.05) is 0 Å². The summed E-state index contributed by atoms with van der Waals surface area (Å²) >= 11 is 0. The third-order valence-electron chi connectivity index (χ3n) is 3.23. The molecule has 1 heterocycles. The van der Waals surface area contributed by atoms with Crippen molar-refractivity contribution in [3.05, 3.63) is 59.0 Å². The Balaban J connectivity index is 1.92. The summed E-state index contributed by atoms with van der Waals surface area (Å²) in [6.45, 7) is 0. The summed E-state index contributed by atoms with van der Waals surface area (Å²) in [5.41, 5.74) is 0.748. The highest BCUT2D eigenvalue weighted by atomic mass is 32.2. The van der Waals surface area contributed by atoms with Crippen molar-refractivity contribution in [1.29, 1.82) is 0 Å². The first kappa shape index (κ1) is 15.0. The molecule has 0 saturated heterocycles. The SMILES string of the molecule is NS(=O)(=O)c1ccc(NC(=O)n2c(=O)[nH]c3ccccc32)cc1. The second kappa shape index (κ2) is 5.38. The van der Waals surface area contributed by atoms with Crippen LogP contribution < -0.4 is 16.1 Å². The number of nitrogens with one attached hydrogen (secondary N) is 2. The van der Waals surface area contributed by atoms with Crippen molar-refractivity contribution in [2.75, 3.05) is 5.32 Å². The van der Waals surface area contributed by atoms with Gasteiger partial charge in [-0.25, -0.2) is 27.7 Å². The van der Waals surface area contributed by atoms with Gasteiger partial charge in [-0.1, -0.05) is 12.1 Å². The van der Waals surface area contributed by atoms with Crippen molar-refractivity contribution in [3.63, 3.8) is 0 Å². The molecule has 0 unspecified atom stereocenters. The van der Waals surface area contributed by atoms with Crippen LogP contribution in [0, 0.1) is 0 Å². The van der Waals surface area contributed by atoms with E-state index in [1.54, 1.807) is 24.3 Å². The lowest BCUT2D eigenvalue weighted by molar-refractivity contribution is 0.253. The van der Waals surface area contributed by atoms with Gasteiger partial charge >= 0.3 is 11.7 Å². The molecule has 1 amide bonds. The number of nitrogens with two attached hydrogens (primary N) is 1. The lowest BCUT2D eigenvalue weighted by Gasteiger charge is -2.06. The number of anilines is 1. The molecule has 0 fully saturated rings. The minimum absolute atomic E-state index is 0.0697. The van der Waals surface area contributed by atoms with E-state index in [1.165, 1.54) is 24.3 Å². The third kappa shape index (κ3) is 2.87. The van der Waals surface area contributed by atoms with Gasteiger partial charge < -0.3 is 10.3 Å². The molecule has 1 aromatic heterocycles. The van der Waals surface area contributed by atoms with Crippen LogP contribution in [0.3, 0.4) is 0 Å². The van der Waals surface area contributed by atoms with E-state index in [-0.39, 0.29) is 4.90 Å².